The van der Waals surface area contributed by atoms with E-state index in [1.165, 1.54) is 47.3 Å². The highest BCUT2D eigenvalue weighted by atomic mass is 35.5. The lowest BCUT2D eigenvalue weighted by Gasteiger charge is -2.23. The van der Waals surface area contributed by atoms with Crippen molar-refractivity contribution in [1.82, 2.24) is 29.9 Å². The average Bonchev–Trinajstić information content (AvgIpc) is 3.80. The number of aromatic nitrogens is 5. The van der Waals surface area contributed by atoms with E-state index in [0.717, 1.165) is 24.1 Å². The molecule has 21 heteroatoms. The maximum absolute atomic E-state index is 15.3. The van der Waals surface area contributed by atoms with Gasteiger partial charge in [0.25, 0.3) is 5.92 Å². The van der Waals surface area contributed by atoms with Crippen LogP contribution in [0.1, 0.15) is 73.1 Å². The molecule has 0 fully saturated rings. The van der Waals surface area contributed by atoms with Gasteiger partial charge in [-0.05, 0) is 74.3 Å². The number of amides is 1. The molecule has 2 atom stereocenters. The Morgan fingerprint density at radius 3 is 2.28 bits per heavy atom. The van der Waals surface area contributed by atoms with E-state index in [2.05, 4.69) is 27.4 Å². The Morgan fingerprint density at radius 1 is 1.02 bits per heavy atom. The third kappa shape index (κ3) is 9.88. The lowest BCUT2D eigenvalue weighted by Crippen LogP contribution is -2.35. The highest BCUT2D eigenvalue weighted by molar-refractivity contribution is 8.00. The fourth-order valence-electron chi connectivity index (χ4n) is 7.17. The number of pyridine rings is 1. The van der Waals surface area contributed by atoms with E-state index in [1.54, 1.807) is 13.3 Å². The van der Waals surface area contributed by atoms with E-state index in [-0.39, 0.29) is 49.8 Å². The van der Waals surface area contributed by atoms with Gasteiger partial charge in [0.2, 0.25) is 5.91 Å². The van der Waals surface area contributed by atoms with Gasteiger partial charge < -0.3 is 9.62 Å². The van der Waals surface area contributed by atoms with Crippen LogP contribution in [-0.4, -0.2) is 60.9 Å². The van der Waals surface area contributed by atoms with Crippen molar-refractivity contribution in [3.05, 3.63) is 93.0 Å². The minimum absolute atomic E-state index is 0.0376. The molecular weight excluding hydrogens is 884 g/mol. The number of hydrogen-bond acceptors (Lipinski definition) is 7. The highest BCUT2D eigenvalue weighted by Crippen LogP contribution is 2.52. The zero-order valence-corrected chi connectivity index (χ0v) is 35.5. The number of carbonyl (C=O) groups excluding carboxylic acids is 1. The van der Waals surface area contributed by atoms with Gasteiger partial charge in [-0.1, -0.05) is 42.5 Å². The summed E-state index contributed by atoms with van der Waals surface area (Å²) in [5.41, 5.74) is -3.42. The zero-order valence-electron chi connectivity index (χ0n) is 33.1. The second-order valence-corrected chi connectivity index (χ2v) is 17.6. The van der Waals surface area contributed by atoms with Crippen LogP contribution < -0.4 is 9.62 Å². The van der Waals surface area contributed by atoms with Crippen molar-refractivity contribution in [2.75, 3.05) is 23.9 Å². The summed E-state index contributed by atoms with van der Waals surface area (Å²) < 4.78 is 146. The predicted molar refractivity (Wildman–Crippen MR) is 216 cm³/mol. The second-order valence-electron chi connectivity index (χ2n) is 14.9. The van der Waals surface area contributed by atoms with Crippen LogP contribution in [-0.2, 0) is 36.4 Å². The topological polar surface area (TPSA) is 80.9 Å². The van der Waals surface area contributed by atoms with E-state index in [1.807, 2.05) is 20.1 Å². The first-order valence-electron chi connectivity index (χ1n) is 18.3. The number of anilines is 1. The van der Waals surface area contributed by atoms with Gasteiger partial charge in [0.05, 0.1) is 32.4 Å². The molecule has 2 aromatic carbocycles. The summed E-state index contributed by atoms with van der Waals surface area (Å²) in [5.74, 6) is -2.12. The zero-order chi connectivity index (χ0) is 45.0. The lowest BCUT2D eigenvalue weighted by atomic mass is 9.93. The van der Waals surface area contributed by atoms with E-state index in [0.29, 0.717) is 15.4 Å². The number of thioether (sulfide) groups is 1. The average molecular weight is 920 g/mol. The fourth-order valence-corrected chi connectivity index (χ4v) is 7.86. The smallest absolute Gasteiger partial charge is 0.346 e. The van der Waals surface area contributed by atoms with Crippen LogP contribution in [0.15, 0.2) is 42.5 Å². The number of fused-ring (bicyclic) bond motifs is 2. The molecule has 0 spiro atoms. The molecule has 0 radical (unpaired) electrons. The molecule has 1 N–H and O–H groups in total. The molecule has 5 aromatic rings. The minimum Gasteiger partial charge on any atom is -0.346 e. The Bertz CT molecular complexity index is 2540. The number of nitrogens with one attached hydrogen (secondary N) is 1. The fraction of sp³-hybridized carbons (Fsp3) is 0.400. The molecule has 0 aliphatic heterocycles. The largest absolute Gasteiger partial charge is 0.435 e. The molecule has 61 heavy (non-hydrogen) atoms. The Balaban J connectivity index is 1.59. The Kier molecular flexibility index (Phi) is 12.7. The number of hydrogen-bond donors (Lipinski definition) is 1. The number of alkyl halides is 8. The SMILES string of the molecule is CSN(C)c1nn(CC(F)(F)F)c2c(-c3ccc(C#CC(C)(C)SC)nc3C(Cc3cc(F)cc(F)c3)NC(=O)Cn3nc(C(F)(F)F)c4c3C(F)(F)C[C@@H]4C)ccc(Cl)c12. The molecule has 1 amide bonds. The molecule has 3 aromatic heterocycles. The van der Waals surface area contributed by atoms with Crippen molar-refractivity contribution in [2.45, 2.75) is 81.7 Å². The van der Waals surface area contributed by atoms with Crippen molar-refractivity contribution in [3.8, 4) is 23.0 Å². The van der Waals surface area contributed by atoms with Crippen molar-refractivity contribution in [3.63, 3.8) is 0 Å². The van der Waals surface area contributed by atoms with Crippen molar-refractivity contribution in [1.29, 1.82) is 0 Å². The van der Waals surface area contributed by atoms with E-state index < -0.39 is 95.4 Å². The molecular formula is C40H36ClF10N7OS2. The summed E-state index contributed by atoms with van der Waals surface area (Å²) in [6.07, 6.45) is -7.85. The van der Waals surface area contributed by atoms with Gasteiger partial charge in [0.15, 0.2) is 11.5 Å². The molecule has 3 heterocycles. The Labute approximate surface area is 356 Å². The molecule has 1 unspecified atom stereocenters. The van der Waals surface area contributed by atoms with Gasteiger partial charge in [0, 0.05) is 42.5 Å². The van der Waals surface area contributed by atoms with E-state index >= 15 is 8.78 Å². The number of carbonyl (C=O) groups is 1. The standard InChI is InChI=1S/C40H36ClF10N7OS2/c1-20-17-38(44,45)35-30(20)34(40(49,50)51)54-57(35)18-29(59)53-28(15-21-13-22(42)16-23(43)14-21)32-25(8-7-24(52-32)11-12-37(2,3)60-5)26-9-10-27(41)31-33(26)58(19-39(46,47)48)55-36(31)56(4)61-6/h7-10,13-14,16,20,28H,15,17-19H2,1-6H3,(H,53,59)/t20-,28?/m0/s1. The number of halogens is 11. The first-order chi connectivity index (χ1) is 28.3. The predicted octanol–water partition coefficient (Wildman–Crippen LogP) is 10.7. The third-order valence-corrected chi connectivity index (χ3v) is 12.1. The highest BCUT2D eigenvalue weighted by Gasteiger charge is 2.53. The maximum Gasteiger partial charge on any atom is 0.435 e. The molecule has 8 nitrogen and oxygen atoms in total. The molecule has 0 saturated heterocycles. The summed E-state index contributed by atoms with van der Waals surface area (Å²) in [6.45, 7) is 2.14. The van der Waals surface area contributed by atoms with Crippen LogP contribution in [0.25, 0.3) is 22.0 Å². The van der Waals surface area contributed by atoms with Gasteiger partial charge in [-0.25, -0.2) is 13.8 Å². The monoisotopic (exact) mass is 919 g/mol. The van der Waals surface area contributed by atoms with Gasteiger partial charge in [-0.3, -0.25) is 14.2 Å². The molecule has 6 rings (SSSR count). The summed E-state index contributed by atoms with van der Waals surface area (Å²) in [7, 11) is 1.57. The maximum atomic E-state index is 15.3. The van der Waals surface area contributed by atoms with Crippen LogP contribution in [0.2, 0.25) is 5.02 Å². The summed E-state index contributed by atoms with van der Waals surface area (Å²) >= 11 is 9.20. The summed E-state index contributed by atoms with van der Waals surface area (Å²) in [5, 5.41) is 10.4. The van der Waals surface area contributed by atoms with E-state index in [9.17, 15) is 39.9 Å². The Morgan fingerprint density at radius 2 is 1.67 bits per heavy atom. The van der Waals surface area contributed by atoms with Crippen molar-refractivity contribution >= 4 is 57.9 Å². The third-order valence-electron chi connectivity index (χ3n) is 9.92. The van der Waals surface area contributed by atoms with Crippen LogP contribution in [0.5, 0.6) is 0 Å². The number of rotatable bonds is 11. The van der Waals surface area contributed by atoms with Crippen LogP contribution in [0, 0.1) is 23.5 Å². The normalized spacial score (nSPS) is 15.7. The van der Waals surface area contributed by atoms with Crippen LogP contribution in [0.4, 0.5) is 49.7 Å². The molecule has 326 valence electrons. The van der Waals surface area contributed by atoms with Gasteiger partial charge in [-0.15, -0.1) is 11.8 Å². The van der Waals surface area contributed by atoms with Gasteiger partial charge in [0.1, 0.15) is 36.1 Å². The Hall–Kier alpha value is -4.61. The second kappa shape index (κ2) is 16.9. The number of benzene rings is 2. The number of nitrogens with zero attached hydrogens (tertiary/aromatic N) is 6. The molecule has 0 bridgehead atoms. The van der Waals surface area contributed by atoms with Crippen molar-refractivity contribution in [2.24, 2.45) is 0 Å². The lowest BCUT2D eigenvalue weighted by molar-refractivity contribution is -0.143. The van der Waals surface area contributed by atoms with Gasteiger partial charge >= 0.3 is 12.4 Å². The molecule has 1 aliphatic rings. The molecule has 1 aliphatic carbocycles. The summed E-state index contributed by atoms with van der Waals surface area (Å²) in [4.78, 5) is 18.7. The first kappa shape index (κ1) is 45.9. The molecule has 0 saturated carbocycles. The van der Waals surface area contributed by atoms with E-state index in [4.69, 9.17) is 16.6 Å². The first-order valence-corrected chi connectivity index (χ1v) is 21.0. The van der Waals surface area contributed by atoms with Crippen molar-refractivity contribution < 1.29 is 48.7 Å². The van der Waals surface area contributed by atoms with Crippen LogP contribution in [0.3, 0.4) is 0 Å². The van der Waals surface area contributed by atoms with Crippen LogP contribution >= 0.6 is 35.3 Å². The van der Waals surface area contributed by atoms with Gasteiger partial charge in [-0.2, -0.15) is 45.3 Å². The minimum atomic E-state index is -5.14. The summed E-state index contributed by atoms with van der Waals surface area (Å²) in [6, 6.07) is 6.77. The quantitative estimate of drug-likeness (QED) is 0.0803.